The maximum atomic E-state index is 6.79. The van der Waals surface area contributed by atoms with Gasteiger partial charge in [0.1, 0.15) is 33.5 Å². The quantitative estimate of drug-likeness (QED) is 0.165. The molecule has 0 N–H and O–H groups in total. The van der Waals surface area contributed by atoms with E-state index >= 15 is 0 Å². The van der Waals surface area contributed by atoms with Gasteiger partial charge in [-0.2, -0.15) is 0 Å². The van der Waals surface area contributed by atoms with Crippen LogP contribution in [0.1, 0.15) is 0 Å². The van der Waals surface area contributed by atoms with Crippen LogP contribution in [0.25, 0.3) is 143 Å². The van der Waals surface area contributed by atoms with E-state index in [0.717, 1.165) is 99.0 Å². The predicted octanol–water partition coefficient (Wildman–Crippen LogP) is 15.7. The minimum absolute atomic E-state index is 0.547. The number of fused-ring (bicyclic) bond motifs is 15. The summed E-state index contributed by atoms with van der Waals surface area (Å²) in [5, 5.41) is 13.4. The average molecular weight is 806 g/mol. The molecule has 0 atom stereocenters. The molecule has 0 saturated carbocycles. The topological polar surface area (TPSA) is 78.1 Å². The van der Waals surface area contributed by atoms with Gasteiger partial charge in [0, 0.05) is 54.6 Å². The molecule has 0 bridgehead atoms. The first-order chi connectivity index (χ1) is 31.2. The molecule has 14 rings (SSSR count). The summed E-state index contributed by atoms with van der Waals surface area (Å²) < 4.78 is 19.5. The van der Waals surface area contributed by atoms with Crippen molar-refractivity contribution in [2.24, 2.45) is 0 Å². The molecule has 0 saturated heterocycles. The summed E-state index contributed by atoms with van der Waals surface area (Å²) in [7, 11) is 0. The first kappa shape index (κ1) is 34.1. The van der Waals surface area contributed by atoms with Crippen molar-refractivity contribution in [2.75, 3.05) is 0 Å². The van der Waals surface area contributed by atoms with Gasteiger partial charge in [-0.1, -0.05) is 140 Å². The van der Waals surface area contributed by atoms with Gasteiger partial charge in [-0.05, 0) is 86.4 Å². The number of para-hydroxylation sites is 3. The van der Waals surface area contributed by atoms with E-state index in [-0.39, 0.29) is 0 Å². The second-order valence-electron chi connectivity index (χ2n) is 16.2. The van der Waals surface area contributed by atoms with Crippen molar-refractivity contribution in [2.45, 2.75) is 0 Å². The Morgan fingerprint density at radius 1 is 0.254 bits per heavy atom. The second kappa shape index (κ2) is 12.9. The van der Waals surface area contributed by atoms with Gasteiger partial charge < -0.3 is 13.3 Å². The minimum atomic E-state index is 0.547. The Morgan fingerprint density at radius 3 is 1.33 bits per heavy atom. The molecule has 14 aromatic rings. The summed E-state index contributed by atoms with van der Waals surface area (Å²) in [6, 6.07) is 65.1. The van der Waals surface area contributed by atoms with Gasteiger partial charge in [-0.3, -0.25) is 0 Å². The van der Waals surface area contributed by atoms with Crippen molar-refractivity contribution in [1.29, 1.82) is 0 Å². The van der Waals surface area contributed by atoms with Gasteiger partial charge in [0.2, 0.25) is 0 Å². The van der Waals surface area contributed by atoms with Crippen LogP contribution < -0.4 is 0 Å². The number of furan rings is 3. The highest BCUT2D eigenvalue weighted by molar-refractivity contribution is 6.26. The van der Waals surface area contributed by atoms with E-state index in [4.69, 9.17) is 28.2 Å². The van der Waals surface area contributed by atoms with Crippen LogP contribution in [0.2, 0.25) is 0 Å². The van der Waals surface area contributed by atoms with Crippen LogP contribution in [0.4, 0.5) is 0 Å². The third-order valence-corrected chi connectivity index (χ3v) is 12.7. The number of rotatable bonds is 4. The molecule has 0 radical (unpaired) electrons. The fraction of sp³-hybridized carbons (Fsp3) is 0. The Labute approximate surface area is 358 Å². The molecule has 4 aromatic heterocycles. The Bertz CT molecular complexity index is 4200. The lowest BCUT2D eigenvalue weighted by Gasteiger charge is -2.13. The standard InChI is InChI=1S/C57H31N3O3/c1-2-13-38-36(11-1)37-12-3-4-14-39(37)47-29-33(24-26-40(38)47)55-58-56(34-25-28-44-42-16-6-8-21-49(42)62-52(44)31-34)60-57(59-55)46-19-10-22-50-53(46)45-18-9-17-35(54(45)63-50)32-23-27-43-41-15-5-7-20-48(41)61-51(43)30-32/h1-31H. The highest BCUT2D eigenvalue weighted by atomic mass is 16.3. The molecule has 0 unspecified atom stereocenters. The van der Waals surface area contributed by atoms with Crippen LogP contribution in [0.5, 0.6) is 0 Å². The molecule has 10 aromatic carbocycles. The summed E-state index contributed by atoms with van der Waals surface area (Å²) in [5.41, 5.74) is 9.41. The zero-order valence-corrected chi connectivity index (χ0v) is 33.5. The molecule has 0 aliphatic heterocycles. The smallest absolute Gasteiger partial charge is 0.164 e. The molecule has 6 nitrogen and oxygen atoms in total. The molecule has 0 amide bonds. The predicted molar refractivity (Wildman–Crippen MR) is 256 cm³/mol. The SMILES string of the molecule is c1ccc2c(c1)oc1cc(-c3nc(-c4ccc5c6ccccc6c6ccccc6c5c4)nc(-c4cccc5oc6c(-c7ccc8c(c7)oc7ccccc78)cccc6c45)n3)ccc12. The highest BCUT2D eigenvalue weighted by Gasteiger charge is 2.21. The lowest BCUT2D eigenvalue weighted by molar-refractivity contribution is 0.668. The van der Waals surface area contributed by atoms with E-state index in [0.29, 0.717) is 17.5 Å². The molecule has 6 heteroatoms. The van der Waals surface area contributed by atoms with E-state index in [1.165, 1.54) is 26.9 Å². The number of hydrogen-bond donors (Lipinski definition) is 0. The van der Waals surface area contributed by atoms with Gasteiger partial charge in [-0.25, -0.2) is 15.0 Å². The van der Waals surface area contributed by atoms with E-state index in [1.807, 2.05) is 54.6 Å². The number of nitrogens with zero attached hydrogens (tertiary/aromatic N) is 3. The fourth-order valence-corrected chi connectivity index (χ4v) is 9.82. The van der Waals surface area contributed by atoms with E-state index in [9.17, 15) is 0 Å². The third kappa shape index (κ3) is 5.09. The molecule has 0 spiro atoms. The Balaban J connectivity index is 0.992. The lowest BCUT2D eigenvalue weighted by Crippen LogP contribution is -2.00. The number of benzene rings is 10. The van der Waals surface area contributed by atoms with Crippen LogP contribution >= 0.6 is 0 Å². The van der Waals surface area contributed by atoms with Crippen LogP contribution in [-0.2, 0) is 0 Å². The van der Waals surface area contributed by atoms with Crippen LogP contribution in [-0.4, -0.2) is 15.0 Å². The lowest BCUT2D eigenvalue weighted by atomic mass is 9.93. The van der Waals surface area contributed by atoms with E-state index in [2.05, 4.69) is 133 Å². The second-order valence-corrected chi connectivity index (χ2v) is 16.2. The van der Waals surface area contributed by atoms with Gasteiger partial charge >= 0.3 is 0 Å². The van der Waals surface area contributed by atoms with Crippen LogP contribution in [0.3, 0.4) is 0 Å². The fourth-order valence-electron chi connectivity index (χ4n) is 9.82. The summed E-state index contributed by atoms with van der Waals surface area (Å²) in [6.07, 6.45) is 0. The van der Waals surface area contributed by atoms with E-state index in [1.54, 1.807) is 0 Å². The van der Waals surface area contributed by atoms with Gasteiger partial charge in [-0.15, -0.1) is 0 Å². The van der Waals surface area contributed by atoms with Crippen molar-refractivity contribution < 1.29 is 13.3 Å². The summed E-state index contributed by atoms with van der Waals surface area (Å²) >= 11 is 0. The Kier molecular flexibility index (Phi) is 7.02. The normalized spacial score (nSPS) is 12.1. The van der Waals surface area contributed by atoms with Gasteiger partial charge in [0.25, 0.3) is 0 Å². The van der Waals surface area contributed by atoms with Gasteiger partial charge in [0.15, 0.2) is 17.5 Å². The first-order valence-electron chi connectivity index (χ1n) is 21.1. The minimum Gasteiger partial charge on any atom is -0.456 e. The summed E-state index contributed by atoms with van der Waals surface area (Å²) in [4.78, 5) is 15.8. The molecular weight excluding hydrogens is 775 g/mol. The van der Waals surface area contributed by atoms with Crippen molar-refractivity contribution in [3.05, 3.63) is 188 Å². The van der Waals surface area contributed by atoms with Crippen molar-refractivity contribution in [3.8, 4) is 45.3 Å². The first-order valence-corrected chi connectivity index (χ1v) is 21.1. The molecule has 0 aliphatic rings. The summed E-state index contributed by atoms with van der Waals surface area (Å²) in [6.45, 7) is 0. The number of hydrogen-bond acceptors (Lipinski definition) is 6. The highest BCUT2D eigenvalue weighted by Crippen LogP contribution is 2.43. The van der Waals surface area contributed by atoms with E-state index < -0.39 is 0 Å². The van der Waals surface area contributed by atoms with Crippen molar-refractivity contribution >= 4 is 98.1 Å². The number of aromatic nitrogens is 3. The molecular formula is C57H31N3O3. The van der Waals surface area contributed by atoms with Crippen molar-refractivity contribution in [3.63, 3.8) is 0 Å². The molecule has 0 fully saturated rings. The van der Waals surface area contributed by atoms with Crippen LogP contribution in [0.15, 0.2) is 201 Å². The summed E-state index contributed by atoms with van der Waals surface area (Å²) in [5.74, 6) is 1.67. The maximum Gasteiger partial charge on any atom is 0.164 e. The monoisotopic (exact) mass is 805 g/mol. The van der Waals surface area contributed by atoms with Crippen LogP contribution in [0, 0.1) is 0 Å². The molecule has 0 aliphatic carbocycles. The Hall–Kier alpha value is -8.61. The maximum absolute atomic E-state index is 6.79. The third-order valence-electron chi connectivity index (χ3n) is 12.7. The molecule has 292 valence electrons. The Morgan fingerprint density at radius 2 is 0.683 bits per heavy atom. The zero-order valence-electron chi connectivity index (χ0n) is 33.5. The largest absolute Gasteiger partial charge is 0.456 e. The van der Waals surface area contributed by atoms with Crippen molar-refractivity contribution in [1.82, 2.24) is 15.0 Å². The zero-order chi connectivity index (χ0) is 41.2. The van der Waals surface area contributed by atoms with Gasteiger partial charge in [0.05, 0.1) is 0 Å². The molecule has 63 heavy (non-hydrogen) atoms. The average Bonchev–Trinajstić information content (AvgIpc) is 4.04. The molecule has 4 heterocycles.